The Hall–Kier alpha value is -0.910. The van der Waals surface area contributed by atoms with Crippen LogP contribution in [0.2, 0.25) is 0 Å². The smallest absolute Gasteiger partial charge is 0.161 e. The van der Waals surface area contributed by atoms with Crippen molar-refractivity contribution in [2.24, 2.45) is 0 Å². The summed E-state index contributed by atoms with van der Waals surface area (Å²) in [6.45, 7) is 7.55. The lowest BCUT2D eigenvalue weighted by atomic mass is 10.1. The highest BCUT2D eigenvalue weighted by atomic mass is 32.2. The predicted molar refractivity (Wildman–Crippen MR) is 101 cm³/mol. The number of nitrogens with zero attached hydrogens (tertiary/aromatic N) is 2. The third-order valence-electron chi connectivity index (χ3n) is 4.85. The molecule has 3 rings (SSSR count). The van der Waals surface area contributed by atoms with Gasteiger partial charge < -0.3 is 9.47 Å². The minimum atomic E-state index is 0.735. The average Bonchev–Trinajstić information content (AvgIpc) is 2.64. The van der Waals surface area contributed by atoms with E-state index in [4.69, 9.17) is 9.47 Å². The molecular weight excluding hydrogens is 320 g/mol. The summed E-state index contributed by atoms with van der Waals surface area (Å²) in [4.78, 5) is 5.01. The highest BCUT2D eigenvalue weighted by molar-refractivity contribution is 7.99. The molecule has 0 N–H and O–H groups in total. The fourth-order valence-electron chi connectivity index (χ4n) is 3.41. The molecule has 0 bridgehead atoms. The van der Waals surface area contributed by atoms with Gasteiger partial charge in [-0.25, -0.2) is 0 Å². The second kappa shape index (κ2) is 9.54. The lowest BCUT2D eigenvalue weighted by molar-refractivity contribution is 0.180. The van der Waals surface area contributed by atoms with Crippen molar-refractivity contribution in [3.05, 3.63) is 23.8 Å². The fraction of sp³-hybridized carbons (Fsp3) is 0.684. The molecule has 0 aliphatic carbocycles. The molecule has 1 aromatic carbocycles. The van der Waals surface area contributed by atoms with Crippen LogP contribution < -0.4 is 9.47 Å². The summed E-state index contributed by atoms with van der Waals surface area (Å²) >= 11 is 2.05. The largest absolute Gasteiger partial charge is 0.493 e. The van der Waals surface area contributed by atoms with Crippen LogP contribution >= 0.6 is 11.8 Å². The van der Waals surface area contributed by atoms with Crippen LogP contribution in [0.25, 0.3) is 0 Å². The number of ether oxygens (including phenoxy) is 2. The minimum absolute atomic E-state index is 0.735. The lowest BCUT2D eigenvalue weighted by Gasteiger charge is -2.27. The summed E-state index contributed by atoms with van der Waals surface area (Å²) in [5.74, 6) is 4.22. The average molecular weight is 351 g/mol. The molecule has 5 heteroatoms. The Morgan fingerprint density at radius 3 is 2.50 bits per heavy atom. The standard InChI is InChI=1S/C19H30N2O2S/c1-22-19-15-17(16-21-10-13-24-14-11-21)5-6-18(19)23-12-9-20-7-3-2-4-8-20/h5-6,15H,2-4,7-14,16H2,1H3. The Balaban J connectivity index is 1.51. The molecule has 0 radical (unpaired) electrons. The SMILES string of the molecule is COc1cc(CN2CCSCC2)ccc1OCCN1CCCCC1. The molecule has 0 atom stereocenters. The van der Waals surface area contributed by atoms with Crippen molar-refractivity contribution in [1.29, 1.82) is 0 Å². The zero-order chi connectivity index (χ0) is 16.6. The molecule has 0 amide bonds. The summed E-state index contributed by atoms with van der Waals surface area (Å²) < 4.78 is 11.5. The van der Waals surface area contributed by atoms with E-state index < -0.39 is 0 Å². The van der Waals surface area contributed by atoms with Crippen molar-refractivity contribution in [2.75, 3.05) is 57.9 Å². The summed E-state index contributed by atoms with van der Waals surface area (Å²) in [6.07, 6.45) is 4.03. The van der Waals surface area contributed by atoms with Crippen LogP contribution in [0.3, 0.4) is 0 Å². The van der Waals surface area contributed by atoms with E-state index in [2.05, 4.69) is 28.0 Å². The van der Waals surface area contributed by atoms with Crippen molar-refractivity contribution in [3.8, 4) is 11.5 Å². The molecule has 4 nitrogen and oxygen atoms in total. The van der Waals surface area contributed by atoms with Gasteiger partial charge in [0, 0.05) is 37.7 Å². The van der Waals surface area contributed by atoms with E-state index in [0.29, 0.717) is 0 Å². The van der Waals surface area contributed by atoms with E-state index >= 15 is 0 Å². The van der Waals surface area contributed by atoms with Gasteiger partial charge in [0.2, 0.25) is 0 Å². The van der Waals surface area contributed by atoms with E-state index in [1.807, 2.05) is 11.8 Å². The van der Waals surface area contributed by atoms with Crippen LogP contribution in [0.15, 0.2) is 18.2 Å². The number of hydrogen-bond acceptors (Lipinski definition) is 5. The summed E-state index contributed by atoms with van der Waals surface area (Å²) in [5.41, 5.74) is 1.31. The zero-order valence-electron chi connectivity index (χ0n) is 14.8. The summed E-state index contributed by atoms with van der Waals surface area (Å²) in [6, 6.07) is 6.39. The highest BCUT2D eigenvalue weighted by Crippen LogP contribution is 2.29. The van der Waals surface area contributed by atoms with Gasteiger partial charge in [0.15, 0.2) is 11.5 Å². The highest BCUT2D eigenvalue weighted by Gasteiger charge is 2.13. The molecule has 2 aliphatic heterocycles. The number of rotatable bonds is 7. The molecule has 2 saturated heterocycles. The molecule has 1 aromatic rings. The number of methoxy groups -OCH3 is 1. The van der Waals surface area contributed by atoms with Crippen LogP contribution in [0.5, 0.6) is 11.5 Å². The quantitative estimate of drug-likeness (QED) is 0.752. The van der Waals surface area contributed by atoms with Crippen LogP contribution in [-0.2, 0) is 6.54 Å². The van der Waals surface area contributed by atoms with Crippen molar-refractivity contribution in [3.63, 3.8) is 0 Å². The molecule has 134 valence electrons. The normalized spacial score (nSPS) is 20.0. The second-order valence-corrected chi connectivity index (χ2v) is 7.85. The maximum atomic E-state index is 5.99. The topological polar surface area (TPSA) is 24.9 Å². The van der Waals surface area contributed by atoms with E-state index in [9.17, 15) is 0 Å². The maximum Gasteiger partial charge on any atom is 0.161 e. The van der Waals surface area contributed by atoms with E-state index in [1.54, 1.807) is 7.11 Å². The number of thioether (sulfide) groups is 1. The molecule has 0 spiro atoms. The fourth-order valence-corrected chi connectivity index (χ4v) is 4.39. The van der Waals surface area contributed by atoms with Crippen LogP contribution in [0.4, 0.5) is 0 Å². The number of likely N-dealkylation sites (tertiary alicyclic amines) is 1. The predicted octanol–water partition coefficient (Wildman–Crippen LogP) is 3.11. The Morgan fingerprint density at radius 2 is 1.75 bits per heavy atom. The van der Waals surface area contributed by atoms with Gasteiger partial charge >= 0.3 is 0 Å². The Morgan fingerprint density at radius 1 is 0.958 bits per heavy atom. The number of benzene rings is 1. The minimum Gasteiger partial charge on any atom is -0.493 e. The van der Waals surface area contributed by atoms with E-state index in [1.165, 1.54) is 62.5 Å². The first-order valence-corrected chi connectivity index (χ1v) is 10.3. The van der Waals surface area contributed by atoms with Crippen LogP contribution in [-0.4, -0.2) is 67.7 Å². The molecule has 2 fully saturated rings. The molecule has 24 heavy (non-hydrogen) atoms. The van der Waals surface area contributed by atoms with Gasteiger partial charge in [-0.1, -0.05) is 12.5 Å². The van der Waals surface area contributed by atoms with Crippen molar-refractivity contribution < 1.29 is 9.47 Å². The molecular formula is C19H30N2O2S. The monoisotopic (exact) mass is 350 g/mol. The molecule has 2 heterocycles. The van der Waals surface area contributed by atoms with Crippen LogP contribution in [0.1, 0.15) is 24.8 Å². The van der Waals surface area contributed by atoms with Gasteiger partial charge in [-0.15, -0.1) is 0 Å². The van der Waals surface area contributed by atoms with E-state index in [0.717, 1.165) is 31.2 Å². The molecule has 2 aliphatic rings. The van der Waals surface area contributed by atoms with Gasteiger partial charge in [-0.2, -0.15) is 11.8 Å². The summed E-state index contributed by atoms with van der Waals surface area (Å²) in [5, 5.41) is 0. The first kappa shape index (κ1) is 17.9. The Kier molecular flexibility index (Phi) is 7.12. The summed E-state index contributed by atoms with van der Waals surface area (Å²) in [7, 11) is 1.73. The molecule has 0 saturated carbocycles. The maximum absolute atomic E-state index is 5.99. The van der Waals surface area contributed by atoms with Gasteiger partial charge in [0.05, 0.1) is 7.11 Å². The third kappa shape index (κ3) is 5.30. The van der Waals surface area contributed by atoms with Crippen molar-refractivity contribution in [2.45, 2.75) is 25.8 Å². The Bertz CT molecular complexity index is 500. The van der Waals surface area contributed by atoms with Gasteiger partial charge in [-0.05, 0) is 43.6 Å². The van der Waals surface area contributed by atoms with Crippen molar-refractivity contribution >= 4 is 11.8 Å². The number of hydrogen-bond donors (Lipinski definition) is 0. The lowest BCUT2D eigenvalue weighted by Crippen LogP contribution is -2.33. The first-order valence-electron chi connectivity index (χ1n) is 9.17. The number of piperidine rings is 1. The van der Waals surface area contributed by atoms with Gasteiger partial charge in [0.1, 0.15) is 6.61 Å². The van der Waals surface area contributed by atoms with Gasteiger partial charge in [-0.3, -0.25) is 9.80 Å². The van der Waals surface area contributed by atoms with E-state index in [-0.39, 0.29) is 0 Å². The first-order chi connectivity index (χ1) is 11.8. The van der Waals surface area contributed by atoms with Gasteiger partial charge in [0.25, 0.3) is 0 Å². The molecule has 0 unspecified atom stereocenters. The van der Waals surface area contributed by atoms with Crippen molar-refractivity contribution in [1.82, 2.24) is 9.80 Å². The third-order valence-corrected chi connectivity index (χ3v) is 5.79. The zero-order valence-corrected chi connectivity index (χ0v) is 15.7. The second-order valence-electron chi connectivity index (χ2n) is 6.62. The Labute approximate surface area is 150 Å². The molecule has 0 aromatic heterocycles. The van der Waals surface area contributed by atoms with Crippen LogP contribution in [0, 0.1) is 0 Å².